The molecule has 0 bridgehead atoms. The smallest absolute Gasteiger partial charge is 0.303 e. The molecule has 25 heteroatoms. The van der Waals surface area contributed by atoms with Gasteiger partial charge < -0.3 is 60.8 Å². The summed E-state index contributed by atoms with van der Waals surface area (Å²) in [5.41, 5.74) is 15.0. The summed E-state index contributed by atoms with van der Waals surface area (Å²) in [5, 5.41) is 39.8. The Morgan fingerprint density at radius 2 is 1.32 bits per heavy atom. The fourth-order valence-corrected chi connectivity index (χ4v) is 8.47. The van der Waals surface area contributed by atoms with Crippen molar-refractivity contribution in [3.63, 3.8) is 0 Å². The molecule has 24 nitrogen and oxygen atoms in total. The number of benzene rings is 1. The maximum absolute atomic E-state index is 14.4. The summed E-state index contributed by atoms with van der Waals surface area (Å²) >= 11 is 0. The second-order valence-corrected chi connectivity index (χ2v) is 18.5. The van der Waals surface area contributed by atoms with Crippen molar-refractivity contribution in [1.29, 1.82) is 0 Å². The van der Waals surface area contributed by atoms with Gasteiger partial charge in [-0.2, -0.15) is 15.0 Å². The second kappa shape index (κ2) is 28.9. The Morgan fingerprint density at radius 3 is 1.89 bits per heavy atom. The van der Waals surface area contributed by atoms with E-state index in [-0.39, 0.29) is 61.4 Å². The molecule has 2 aliphatic heterocycles. The Labute approximate surface area is 432 Å². The minimum atomic E-state index is -1.02. The average Bonchev–Trinajstić information content (AvgIpc) is 4.08. The molecular formula is C48H73ClN16O8. The number of rotatable bonds is 28. The van der Waals surface area contributed by atoms with Gasteiger partial charge >= 0.3 is 5.97 Å². The molecule has 3 unspecified atom stereocenters. The van der Waals surface area contributed by atoms with Crippen LogP contribution in [0.4, 0.5) is 17.8 Å². The molecule has 6 rings (SSSR count). The minimum absolute atomic E-state index is 0. The number of carboxylic acid groups (broad SMARTS) is 1. The van der Waals surface area contributed by atoms with Gasteiger partial charge in [0.2, 0.25) is 29.7 Å². The zero-order valence-corrected chi connectivity index (χ0v) is 43.2. The van der Waals surface area contributed by atoms with E-state index in [2.05, 4.69) is 45.7 Å². The molecule has 0 spiro atoms. The number of nitrogens with zero attached hydrogens (tertiary/aromatic N) is 13. The molecule has 5 atom stereocenters. The Kier molecular flexibility index (Phi) is 22.8. The van der Waals surface area contributed by atoms with Crippen LogP contribution in [-0.4, -0.2) is 181 Å². The number of ether oxygens (including phenoxy) is 3. The van der Waals surface area contributed by atoms with Crippen molar-refractivity contribution in [2.24, 2.45) is 23.3 Å². The third kappa shape index (κ3) is 16.9. The normalized spacial score (nSPS) is 16.1. The van der Waals surface area contributed by atoms with E-state index in [0.29, 0.717) is 140 Å². The van der Waals surface area contributed by atoms with E-state index in [1.807, 2.05) is 40.7 Å². The highest BCUT2D eigenvalue weighted by atomic mass is 35.5. The van der Waals surface area contributed by atoms with Crippen LogP contribution in [0.2, 0.25) is 0 Å². The number of aromatic hydroxyl groups is 1. The van der Waals surface area contributed by atoms with Gasteiger partial charge in [-0.25, -0.2) is 9.36 Å². The molecule has 400 valence electrons. The first-order valence-electron chi connectivity index (χ1n) is 24.8. The maximum atomic E-state index is 14.4. The van der Waals surface area contributed by atoms with E-state index in [4.69, 9.17) is 47.1 Å². The molecule has 2 amide bonds. The van der Waals surface area contributed by atoms with Crippen molar-refractivity contribution in [3.8, 4) is 18.1 Å². The Balaban J connectivity index is 0.00000988. The topological polar surface area (TPSA) is 296 Å². The van der Waals surface area contributed by atoms with Crippen molar-refractivity contribution in [2.45, 2.75) is 84.0 Å². The summed E-state index contributed by atoms with van der Waals surface area (Å²) in [4.78, 5) is 62.3. The van der Waals surface area contributed by atoms with Gasteiger partial charge in [-0.1, -0.05) is 62.6 Å². The van der Waals surface area contributed by atoms with Crippen molar-refractivity contribution in [2.75, 3.05) is 114 Å². The molecule has 5 heterocycles. The number of aromatic nitrogens is 9. The number of halogens is 1. The van der Waals surface area contributed by atoms with Gasteiger partial charge in [0.1, 0.15) is 24.4 Å². The van der Waals surface area contributed by atoms with Gasteiger partial charge in [-0.05, 0) is 48.8 Å². The maximum Gasteiger partial charge on any atom is 0.303 e. The standard InChI is InChI=1S/C48H72N16O8.ClH/c1-6-23-70-25-27-72-28-26-71-24-14-51-46-52-47(61-19-15-59(16-20-61)44(68)41(12-13-42(66)67)63-31-39(55-57-63)37(49)29-33(3)4)54-48(53-46)62-21-17-60(18-22-62)45(69)43(34(5)7-2)64-32-40(56-58-64)38(50)30-35-8-10-36(65)11-9-35;/h1,8-11,31-34,37-38,41,43,65H,7,12-30,49-50H2,2-5H3,(H,66,67)(H,51,52,53,54);1H/t34-,37?,38?,41-,43?;/m0./s1. The quantitative estimate of drug-likeness (QED) is 0.0403. The molecule has 73 heavy (non-hydrogen) atoms. The van der Waals surface area contributed by atoms with Gasteiger partial charge in [0, 0.05) is 65.3 Å². The predicted octanol–water partition coefficient (Wildman–Crippen LogP) is 2.26. The lowest BCUT2D eigenvalue weighted by Crippen LogP contribution is -2.52. The first-order chi connectivity index (χ1) is 34.7. The van der Waals surface area contributed by atoms with Crippen molar-refractivity contribution >= 4 is 48.0 Å². The number of carbonyl (C=O) groups is 3. The van der Waals surface area contributed by atoms with Gasteiger partial charge in [-0.15, -0.1) is 29.0 Å². The van der Waals surface area contributed by atoms with Crippen molar-refractivity contribution in [3.05, 3.63) is 53.6 Å². The van der Waals surface area contributed by atoms with E-state index in [0.717, 1.165) is 12.0 Å². The molecule has 0 aliphatic carbocycles. The van der Waals surface area contributed by atoms with Crippen LogP contribution in [-0.2, 0) is 35.0 Å². The number of piperazine rings is 2. The lowest BCUT2D eigenvalue weighted by Gasteiger charge is -2.38. The van der Waals surface area contributed by atoms with Gasteiger partial charge in [0.15, 0.2) is 0 Å². The number of phenolic OH excluding ortho intramolecular Hbond substituents is 1. The number of terminal acetylenes is 1. The Morgan fingerprint density at radius 1 is 0.767 bits per heavy atom. The van der Waals surface area contributed by atoms with Crippen molar-refractivity contribution < 1.29 is 38.8 Å². The van der Waals surface area contributed by atoms with Gasteiger partial charge in [0.05, 0.1) is 68.9 Å². The largest absolute Gasteiger partial charge is 0.508 e. The van der Waals surface area contributed by atoms with E-state index in [1.165, 1.54) is 4.68 Å². The lowest BCUT2D eigenvalue weighted by atomic mass is 9.97. The summed E-state index contributed by atoms with van der Waals surface area (Å²) in [5.74, 6) is 2.72. The van der Waals surface area contributed by atoms with E-state index >= 15 is 0 Å². The monoisotopic (exact) mass is 1040 g/mol. The van der Waals surface area contributed by atoms with E-state index < -0.39 is 24.1 Å². The van der Waals surface area contributed by atoms with Crippen LogP contribution < -0.4 is 26.6 Å². The van der Waals surface area contributed by atoms with Gasteiger partial charge in [0.25, 0.3) is 0 Å². The first kappa shape index (κ1) is 57.7. The van der Waals surface area contributed by atoms with Crippen LogP contribution in [0.5, 0.6) is 5.75 Å². The number of nitrogens with one attached hydrogen (secondary N) is 1. The summed E-state index contributed by atoms with van der Waals surface area (Å²) < 4.78 is 19.6. The predicted molar refractivity (Wildman–Crippen MR) is 274 cm³/mol. The molecule has 1 aromatic carbocycles. The SMILES string of the molecule is C#CCOCCOCCOCCNc1nc(N2CCN(C(=O)C([C@@H](C)CC)n3cc(C(N)Cc4ccc(O)cc4)nn3)CC2)nc(N2CCN(C(=O)[C@H](CCC(=O)O)n3cc(C(N)CC(C)C)nn3)CC2)n1.Cl. The number of carbonyl (C=O) groups excluding carboxylic acids is 2. The second-order valence-electron chi connectivity index (χ2n) is 18.5. The van der Waals surface area contributed by atoms with E-state index in [1.54, 1.807) is 34.1 Å². The number of aliphatic carboxylic acids is 1. The van der Waals surface area contributed by atoms with Crippen molar-refractivity contribution in [1.82, 2.24) is 54.7 Å². The minimum Gasteiger partial charge on any atom is -0.508 e. The highest BCUT2D eigenvalue weighted by molar-refractivity contribution is 5.85. The van der Waals surface area contributed by atoms with Crippen LogP contribution in [0.25, 0.3) is 0 Å². The summed E-state index contributed by atoms with van der Waals surface area (Å²) in [6.07, 6.45) is 10.3. The van der Waals surface area contributed by atoms with Crippen LogP contribution >= 0.6 is 12.4 Å². The number of hydrogen-bond donors (Lipinski definition) is 5. The summed E-state index contributed by atoms with van der Waals surface area (Å²) in [6.45, 7) is 13.9. The van der Waals surface area contributed by atoms with Crippen LogP contribution in [0.1, 0.15) is 94.5 Å². The zero-order chi connectivity index (χ0) is 51.6. The number of nitrogens with two attached hydrogens (primary N) is 2. The van der Waals surface area contributed by atoms with Gasteiger partial charge in [-0.3, -0.25) is 14.4 Å². The molecular weight excluding hydrogens is 964 g/mol. The fourth-order valence-electron chi connectivity index (χ4n) is 8.47. The Hall–Kier alpha value is -6.23. The van der Waals surface area contributed by atoms with Crippen LogP contribution in [0.3, 0.4) is 0 Å². The molecule has 7 N–H and O–H groups in total. The van der Waals surface area contributed by atoms with Crippen LogP contribution in [0.15, 0.2) is 36.7 Å². The lowest BCUT2D eigenvalue weighted by molar-refractivity contribution is -0.139. The molecule has 2 aliphatic rings. The summed E-state index contributed by atoms with van der Waals surface area (Å²) in [7, 11) is 0. The summed E-state index contributed by atoms with van der Waals surface area (Å²) in [6, 6.07) is 4.57. The third-order valence-corrected chi connectivity index (χ3v) is 12.7. The number of phenols is 1. The molecule has 4 aromatic rings. The molecule has 2 saturated heterocycles. The highest BCUT2D eigenvalue weighted by Gasteiger charge is 2.35. The number of carboxylic acids is 1. The number of hydrogen-bond acceptors (Lipinski definition) is 19. The molecule has 3 aromatic heterocycles. The average molecular weight is 1040 g/mol. The zero-order valence-electron chi connectivity index (χ0n) is 42.4. The molecule has 0 saturated carbocycles. The highest BCUT2D eigenvalue weighted by Crippen LogP contribution is 2.28. The fraction of sp³-hybridized carbons (Fsp3) is 0.625. The molecule has 2 fully saturated rings. The number of anilines is 3. The number of amides is 2. The Bertz CT molecular complexity index is 2370. The van der Waals surface area contributed by atoms with E-state index in [9.17, 15) is 24.6 Å². The third-order valence-electron chi connectivity index (χ3n) is 12.7. The molecule has 0 radical (unpaired) electrons. The van der Waals surface area contributed by atoms with Crippen LogP contribution in [0, 0.1) is 24.2 Å². The first-order valence-corrected chi connectivity index (χ1v) is 24.8.